The molecule has 0 radical (unpaired) electrons. The van der Waals surface area contributed by atoms with Crippen molar-refractivity contribution in [3.63, 3.8) is 0 Å². The molecule has 0 fully saturated rings. The lowest BCUT2D eigenvalue weighted by Crippen LogP contribution is -2.08. The molecule has 0 saturated carbocycles. The first-order valence-corrected chi connectivity index (χ1v) is 8.49. The predicted octanol–water partition coefficient (Wildman–Crippen LogP) is 2.67. The normalized spacial score (nSPS) is 12.4. The van der Waals surface area contributed by atoms with Crippen LogP contribution in [0.2, 0.25) is 0 Å². The fourth-order valence-electron chi connectivity index (χ4n) is 2.71. The van der Waals surface area contributed by atoms with E-state index in [0.29, 0.717) is 34.6 Å². The Labute approximate surface area is 147 Å². The molecular weight excluding hydrogens is 340 g/mol. The quantitative estimate of drug-likeness (QED) is 0.743. The Balaban J connectivity index is 1.88. The molecule has 2 N–H and O–H groups in total. The number of rotatable bonds is 4. The lowest BCUT2D eigenvalue weighted by Gasteiger charge is -2.09. The number of nitrogens with zero attached hydrogens (tertiary/aromatic N) is 3. The molecule has 3 aromatic rings. The first-order chi connectivity index (χ1) is 12.2. The van der Waals surface area contributed by atoms with Crippen LogP contribution < -0.4 is 14.8 Å². The maximum atomic E-state index is 9.30. The molecule has 0 spiro atoms. The lowest BCUT2D eigenvalue weighted by molar-refractivity contribution is 0.174. The molecule has 8 heteroatoms. The predicted molar refractivity (Wildman–Crippen MR) is 94.0 cm³/mol. The highest BCUT2D eigenvalue weighted by molar-refractivity contribution is 7.19. The fourth-order valence-corrected chi connectivity index (χ4v) is 3.69. The maximum absolute atomic E-state index is 9.30. The van der Waals surface area contributed by atoms with Crippen LogP contribution in [0.5, 0.6) is 11.5 Å². The van der Waals surface area contributed by atoms with Crippen LogP contribution in [0.15, 0.2) is 18.2 Å². The van der Waals surface area contributed by atoms with E-state index in [9.17, 15) is 5.26 Å². The highest BCUT2D eigenvalue weighted by atomic mass is 32.1. The minimum absolute atomic E-state index is 0.0147. The Kier molecular flexibility index (Phi) is 3.87. The summed E-state index contributed by atoms with van der Waals surface area (Å²) in [7, 11) is 0. The van der Waals surface area contributed by atoms with Crippen LogP contribution >= 0.6 is 11.3 Å². The minimum atomic E-state index is -0.0147. The van der Waals surface area contributed by atoms with Crippen molar-refractivity contribution in [2.75, 3.05) is 25.3 Å². The van der Waals surface area contributed by atoms with Crippen LogP contribution in [0, 0.1) is 18.3 Å². The SMILES string of the molecule is Cc1c(C#N)sc2nc(-c3ccc4c(c3)OCO4)nc(NCCO)c12. The van der Waals surface area contributed by atoms with E-state index in [2.05, 4.69) is 21.4 Å². The number of nitriles is 1. The van der Waals surface area contributed by atoms with E-state index in [0.717, 1.165) is 21.3 Å². The van der Waals surface area contributed by atoms with E-state index in [-0.39, 0.29) is 13.4 Å². The molecular formula is C17H14N4O3S. The highest BCUT2D eigenvalue weighted by Gasteiger charge is 2.19. The van der Waals surface area contributed by atoms with Gasteiger partial charge in [0.15, 0.2) is 17.3 Å². The summed E-state index contributed by atoms with van der Waals surface area (Å²) < 4.78 is 10.7. The van der Waals surface area contributed by atoms with Gasteiger partial charge < -0.3 is 19.9 Å². The van der Waals surface area contributed by atoms with Crippen LogP contribution in [0.3, 0.4) is 0 Å². The molecule has 0 atom stereocenters. The Morgan fingerprint density at radius 3 is 2.96 bits per heavy atom. The van der Waals surface area contributed by atoms with Crippen LogP contribution in [-0.4, -0.2) is 35.0 Å². The van der Waals surface area contributed by atoms with Crippen molar-refractivity contribution in [1.29, 1.82) is 5.26 Å². The first kappa shape index (κ1) is 15.6. The topological polar surface area (TPSA) is 100 Å². The number of aromatic nitrogens is 2. The zero-order valence-corrected chi connectivity index (χ0v) is 14.2. The molecule has 0 aliphatic carbocycles. The van der Waals surface area contributed by atoms with Crippen LogP contribution in [0.1, 0.15) is 10.4 Å². The number of thiophene rings is 1. The Morgan fingerprint density at radius 2 is 2.16 bits per heavy atom. The van der Waals surface area contributed by atoms with Crippen LogP contribution in [-0.2, 0) is 0 Å². The first-order valence-electron chi connectivity index (χ1n) is 7.67. The molecule has 0 bridgehead atoms. The van der Waals surface area contributed by atoms with Crippen molar-refractivity contribution in [1.82, 2.24) is 9.97 Å². The van der Waals surface area contributed by atoms with Gasteiger partial charge in [0.1, 0.15) is 21.6 Å². The number of anilines is 1. The van der Waals surface area contributed by atoms with Crippen molar-refractivity contribution < 1.29 is 14.6 Å². The average molecular weight is 354 g/mol. The number of benzene rings is 1. The standard InChI is InChI=1S/C17H14N4O3S/c1-9-13(7-18)25-17-14(9)16(19-4-5-22)20-15(21-17)10-2-3-11-12(6-10)24-8-23-11/h2-3,6,22H,4-5,8H2,1H3,(H,19,20,21). The number of hydrogen-bond acceptors (Lipinski definition) is 8. The van der Waals surface area contributed by atoms with Gasteiger partial charge in [0.25, 0.3) is 0 Å². The van der Waals surface area contributed by atoms with Crippen molar-refractivity contribution in [3.05, 3.63) is 28.6 Å². The highest BCUT2D eigenvalue weighted by Crippen LogP contribution is 2.38. The van der Waals surface area contributed by atoms with Gasteiger partial charge in [-0.15, -0.1) is 11.3 Å². The van der Waals surface area contributed by atoms with Gasteiger partial charge in [0.2, 0.25) is 6.79 Å². The third-order valence-corrected chi connectivity index (χ3v) is 5.02. The summed E-state index contributed by atoms with van der Waals surface area (Å²) in [5, 5.41) is 22.4. The van der Waals surface area contributed by atoms with Crippen molar-refractivity contribution in [2.24, 2.45) is 0 Å². The second-order valence-corrected chi connectivity index (χ2v) is 6.46. The molecule has 0 saturated heterocycles. The monoisotopic (exact) mass is 354 g/mol. The minimum Gasteiger partial charge on any atom is -0.454 e. The zero-order valence-electron chi connectivity index (χ0n) is 13.4. The molecule has 1 aliphatic heterocycles. The molecule has 3 heterocycles. The summed E-state index contributed by atoms with van der Waals surface area (Å²) >= 11 is 1.34. The van der Waals surface area contributed by atoms with E-state index < -0.39 is 0 Å². The summed E-state index contributed by atoms with van der Waals surface area (Å²) in [5.41, 5.74) is 1.64. The molecule has 0 amide bonds. The van der Waals surface area contributed by atoms with Gasteiger partial charge in [0.05, 0.1) is 12.0 Å². The summed E-state index contributed by atoms with van der Waals surface area (Å²) in [6.07, 6.45) is 0. The van der Waals surface area contributed by atoms with Crippen LogP contribution in [0.25, 0.3) is 21.6 Å². The molecule has 1 aromatic carbocycles. The molecule has 7 nitrogen and oxygen atoms in total. The number of aliphatic hydroxyl groups excluding tert-OH is 1. The smallest absolute Gasteiger partial charge is 0.231 e. The van der Waals surface area contributed by atoms with Gasteiger partial charge in [-0.3, -0.25) is 0 Å². The number of aliphatic hydroxyl groups is 1. The third kappa shape index (κ3) is 2.63. The second-order valence-electron chi connectivity index (χ2n) is 5.46. The van der Waals surface area contributed by atoms with Gasteiger partial charge in [0, 0.05) is 12.1 Å². The third-order valence-electron chi connectivity index (χ3n) is 3.93. The summed E-state index contributed by atoms with van der Waals surface area (Å²) in [5.74, 6) is 2.49. The van der Waals surface area contributed by atoms with Gasteiger partial charge in [-0.1, -0.05) is 0 Å². The summed E-state index contributed by atoms with van der Waals surface area (Å²) in [6, 6.07) is 7.73. The zero-order chi connectivity index (χ0) is 17.4. The van der Waals surface area contributed by atoms with E-state index in [1.165, 1.54) is 11.3 Å². The molecule has 25 heavy (non-hydrogen) atoms. The van der Waals surface area contributed by atoms with Crippen molar-refractivity contribution >= 4 is 27.4 Å². The van der Waals surface area contributed by atoms with Gasteiger partial charge in [-0.05, 0) is 30.7 Å². The second kappa shape index (κ2) is 6.20. The van der Waals surface area contributed by atoms with Gasteiger partial charge >= 0.3 is 0 Å². The number of fused-ring (bicyclic) bond motifs is 2. The summed E-state index contributed by atoms with van der Waals surface area (Å²) in [6.45, 7) is 2.44. The Morgan fingerprint density at radius 1 is 1.32 bits per heavy atom. The summed E-state index contributed by atoms with van der Waals surface area (Å²) in [4.78, 5) is 10.6. The largest absolute Gasteiger partial charge is 0.454 e. The average Bonchev–Trinajstić information content (AvgIpc) is 3.23. The Hall–Kier alpha value is -2.89. The number of ether oxygens (including phenoxy) is 2. The Bertz CT molecular complexity index is 1010. The van der Waals surface area contributed by atoms with E-state index in [1.807, 2.05) is 25.1 Å². The molecule has 0 unspecified atom stereocenters. The lowest BCUT2D eigenvalue weighted by atomic mass is 10.1. The van der Waals surface area contributed by atoms with Crippen LogP contribution in [0.4, 0.5) is 5.82 Å². The molecule has 2 aromatic heterocycles. The van der Waals surface area contributed by atoms with Crippen molar-refractivity contribution in [2.45, 2.75) is 6.92 Å². The maximum Gasteiger partial charge on any atom is 0.231 e. The van der Waals surface area contributed by atoms with Gasteiger partial charge in [-0.2, -0.15) is 5.26 Å². The fraction of sp³-hybridized carbons (Fsp3) is 0.235. The van der Waals surface area contributed by atoms with Gasteiger partial charge in [-0.25, -0.2) is 9.97 Å². The number of nitrogens with one attached hydrogen (secondary N) is 1. The molecule has 4 rings (SSSR count). The number of hydrogen-bond donors (Lipinski definition) is 2. The molecule has 1 aliphatic rings. The van der Waals surface area contributed by atoms with E-state index in [4.69, 9.17) is 14.6 Å². The molecule has 126 valence electrons. The van der Waals surface area contributed by atoms with E-state index in [1.54, 1.807) is 0 Å². The van der Waals surface area contributed by atoms with Crippen molar-refractivity contribution in [3.8, 4) is 29.0 Å². The number of aryl methyl sites for hydroxylation is 1. The van der Waals surface area contributed by atoms with E-state index >= 15 is 0 Å².